The second kappa shape index (κ2) is 5.74. The van der Waals surface area contributed by atoms with Crippen molar-refractivity contribution in [2.75, 3.05) is 5.73 Å². The number of pyridine rings is 1. The first-order valence-electron chi connectivity index (χ1n) is 7.35. The molecule has 1 aromatic carbocycles. The van der Waals surface area contributed by atoms with Crippen LogP contribution in [-0.2, 0) is 0 Å². The number of ether oxygens (including phenoxy) is 1. The van der Waals surface area contributed by atoms with Gasteiger partial charge in [-0.3, -0.25) is 4.79 Å². The SMILES string of the molecule is CC1(C)CC(NC(=O)c2ccc(Cl)cn2)c2cc(N)ccc2O1. The molecule has 5 nitrogen and oxygen atoms in total. The molecular formula is C17H18ClN3O2. The van der Waals surface area contributed by atoms with Crippen molar-refractivity contribution in [3.8, 4) is 5.75 Å². The summed E-state index contributed by atoms with van der Waals surface area (Å²) in [5, 5.41) is 3.51. The number of carbonyl (C=O) groups is 1. The number of nitrogen functional groups attached to an aromatic ring is 1. The third-order valence-electron chi connectivity index (χ3n) is 3.76. The summed E-state index contributed by atoms with van der Waals surface area (Å²) in [6.45, 7) is 3.98. The molecule has 1 atom stereocenters. The van der Waals surface area contributed by atoms with E-state index in [1.807, 2.05) is 26.0 Å². The lowest BCUT2D eigenvalue weighted by Gasteiger charge is -2.38. The fraction of sp³-hybridized carbons (Fsp3) is 0.294. The molecule has 1 aliphatic rings. The van der Waals surface area contributed by atoms with E-state index in [0.29, 0.717) is 22.8 Å². The predicted octanol–water partition coefficient (Wildman–Crippen LogP) is 3.35. The highest BCUT2D eigenvalue weighted by Crippen LogP contribution is 2.40. The third kappa shape index (κ3) is 3.40. The van der Waals surface area contributed by atoms with Crippen LogP contribution in [0.2, 0.25) is 5.02 Å². The maximum atomic E-state index is 12.4. The van der Waals surface area contributed by atoms with Crippen LogP contribution in [0.3, 0.4) is 0 Å². The second-order valence-electron chi connectivity index (χ2n) is 6.25. The Morgan fingerprint density at radius 3 is 2.87 bits per heavy atom. The van der Waals surface area contributed by atoms with Crippen LogP contribution in [0, 0.1) is 0 Å². The molecule has 23 heavy (non-hydrogen) atoms. The number of rotatable bonds is 2. The van der Waals surface area contributed by atoms with Gasteiger partial charge in [0, 0.05) is 23.9 Å². The van der Waals surface area contributed by atoms with Crippen LogP contribution in [0.25, 0.3) is 0 Å². The van der Waals surface area contributed by atoms with Gasteiger partial charge < -0.3 is 15.8 Å². The van der Waals surface area contributed by atoms with Gasteiger partial charge >= 0.3 is 0 Å². The van der Waals surface area contributed by atoms with Crippen LogP contribution in [-0.4, -0.2) is 16.5 Å². The number of fused-ring (bicyclic) bond motifs is 1. The van der Waals surface area contributed by atoms with E-state index >= 15 is 0 Å². The molecule has 3 rings (SSSR count). The average Bonchev–Trinajstić information content (AvgIpc) is 2.48. The van der Waals surface area contributed by atoms with Crippen LogP contribution in [0.4, 0.5) is 5.69 Å². The Bertz CT molecular complexity index is 744. The number of hydrogen-bond acceptors (Lipinski definition) is 4. The summed E-state index contributed by atoms with van der Waals surface area (Å²) in [5.74, 6) is 0.488. The second-order valence-corrected chi connectivity index (χ2v) is 6.69. The van der Waals surface area contributed by atoms with Gasteiger partial charge in [-0.15, -0.1) is 0 Å². The third-order valence-corrected chi connectivity index (χ3v) is 3.98. The van der Waals surface area contributed by atoms with Gasteiger partial charge in [-0.05, 0) is 44.2 Å². The van der Waals surface area contributed by atoms with E-state index in [-0.39, 0.29) is 17.6 Å². The van der Waals surface area contributed by atoms with Crippen molar-refractivity contribution in [3.05, 3.63) is 52.8 Å². The number of amides is 1. The predicted molar refractivity (Wildman–Crippen MR) is 89.6 cm³/mol. The fourth-order valence-electron chi connectivity index (χ4n) is 2.74. The molecule has 0 saturated heterocycles. The molecular weight excluding hydrogens is 314 g/mol. The van der Waals surface area contributed by atoms with E-state index in [4.69, 9.17) is 22.1 Å². The summed E-state index contributed by atoms with van der Waals surface area (Å²) >= 11 is 5.81. The highest BCUT2D eigenvalue weighted by molar-refractivity contribution is 6.30. The Kier molecular flexibility index (Phi) is 3.90. The maximum absolute atomic E-state index is 12.4. The number of carbonyl (C=O) groups excluding carboxylic acids is 1. The monoisotopic (exact) mass is 331 g/mol. The molecule has 3 N–H and O–H groups in total. The highest BCUT2D eigenvalue weighted by atomic mass is 35.5. The van der Waals surface area contributed by atoms with Crippen LogP contribution < -0.4 is 15.8 Å². The quantitative estimate of drug-likeness (QED) is 0.827. The molecule has 0 fully saturated rings. The first-order valence-corrected chi connectivity index (χ1v) is 7.73. The zero-order chi connectivity index (χ0) is 16.6. The molecule has 1 amide bonds. The molecule has 0 aliphatic carbocycles. The van der Waals surface area contributed by atoms with E-state index in [0.717, 1.165) is 11.3 Å². The number of nitrogens with two attached hydrogens (primary N) is 1. The lowest BCUT2D eigenvalue weighted by molar-refractivity contribution is 0.0618. The number of anilines is 1. The number of aromatic nitrogens is 1. The molecule has 120 valence electrons. The van der Waals surface area contributed by atoms with Crippen LogP contribution in [0.1, 0.15) is 42.4 Å². The number of nitrogens with zero attached hydrogens (tertiary/aromatic N) is 1. The lowest BCUT2D eigenvalue weighted by Crippen LogP contribution is -2.41. The maximum Gasteiger partial charge on any atom is 0.270 e. The van der Waals surface area contributed by atoms with Gasteiger partial charge in [0.1, 0.15) is 17.0 Å². The molecule has 1 aromatic heterocycles. The number of hydrogen-bond donors (Lipinski definition) is 2. The molecule has 0 spiro atoms. The normalized spacial score (nSPS) is 18.7. The Balaban J connectivity index is 1.88. The Labute approximate surface area is 139 Å². The highest BCUT2D eigenvalue weighted by Gasteiger charge is 2.34. The lowest BCUT2D eigenvalue weighted by atomic mass is 9.89. The standard InChI is InChI=1S/C17H18ClN3O2/c1-17(2)8-14(12-7-11(19)4-6-15(12)23-17)21-16(22)13-5-3-10(18)9-20-13/h3-7,9,14H,8,19H2,1-2H3,(H,21,22). The van der Waals surface area contributed by atoms with Gasteiger partial charge in [0.2, 0.25) is 0 Å². The van der Waals surface area contributed by atoms with E-state index in [1.165, 1.54) is 6.20 Å². The van der Waals surface area contributed by atoms with Crippen LogP contribution in [0.5, 0.6) is 5.75 Å². The molecule has 2 aromatic rings. The van der Waals surface area contributed by atoms with E-state index in [1.54, 1.807) is 18.2 Å². The smallest absolute Gasteiger partial charge is 0.270 e. The Morgan fingerprint density at radius 2 is 2.17 bits per heavy atom. The Morgan fingerprint density at radius 1 is 1.39 bits per heavy atom. The van der Waals surface area contributed by atoms with Gasteiger partial charge in [-0.2, -0.15) is 0 Å². The van der Waals surface area contributed by atoms with Gasteiger partial charge in [0.05, 0.1) is 11.1 Å². The summed E-state index contributed by atoms with van der Waals surface area (Å²) in [5.41, 5.74) is 7.33. The molecule has 6 heteroatoms. The van der Waals surface area contributed by atoms with Crippen molar-refractivity contribution in [1.29, 1.82) is 0 Å². The summed E-state index contributed by atoms with van der Waals surface area (Å²) in [4.78, 5) is 16.5. The van der Waals surface area contributed by atoms with Crippen LogP contribution >= 0.6 is 11.6 Å². The van der Waals surface area contributed by atoms with E-state index in [2.05, 4.69) is 10.3 Å². The number of nitrogens with one attached hydrogen (secondary N) is 1. The molecule has 0 saturated carbocycles. The summed E-state index contributed by atoms with van der Waals surface area (Å²) in [7, 11) is 0. The van der Waals surface area contributed by atoms with Crippen molar-refractivity contribution in [2.45, 2.75) is 31.9 Å². The molecule has 0 bridgehead atoms. The van der Waals surface area contributed by atoms with Gasteiger partial charge in [0.25, 0.3) is 5.91 Å². The van der Waals surface area contributed by atoms with Crippen molar-refractivity contribution in [3.63, 3.8) is 0 Å². The van der Waals surface area contributed by atoms with Gasteiger partial charge in [-0.1, -0.05) is 11.6 Å². The van der Waals surface area contributed by atoms with Gasteiger partial charge in [0.15, 0.2) is 0 Å². The van der Waals surface area contributed by atoms with Crippen molar-refractivity contribution in [2.24, 2.45) is 0 Å². The number of benzene rings is 1. The van der Waals surface area contributed by atoms with Crippen LogP contribution in [0.15, 0.2) is 36.5 Å². The average molecular weight is 332 g/mol. The van der Waals surface area contributed by atoms with Crippen molar-refractivity contribution in [1.82, 2.24) is 10.3 Å². The zero-order valence-corrected chi connectivity index (χ0v) is 13.7. The molecule has 0 radical (unpaired) electrons. The summed E-state index contributed by atoms with van der Waals surface area (Å²) in [6.07, 6.45) is 2.10. The number of halogens is 1. The van der Waals surface area contributed by atoms with Gasteiger partial charge in [-0.25, -0.2) is 4.98 Å². The van der Waals surface area contributed by atoms with E-state index in [9.17, 15) is 4.79 Å². The molecule has 1 unspecified atom stereocenters. The largest absolute Gasteiger partial charge is 0.487 e. The van der Waals surface area contributed by atoms with Crippen molar-refractivity contribution < 1.29 is 9.53 Å². The first-order chi connectivity index (χ1) is 10.8. The van der Waals surface area contributed by atoms with E-state index < -0.39 is 0 Å². The summed E-state index contributed by atoms with van der Waals surface area (Å²) < 4.78 is 5.97. The summed E-state index contributed by atoms with van der Waals surface area (Å²) in [6, 6.07) is 8.52. The minimum atomic E-state index is -0.380. The van der Waals surface area contributed by atoms with Crippen molar-refractivity contribution >= 4 is 23.2 Å². The minimum absolute atomic E-state index is 0.192. The first kappa shape index (κ1) is 15.6. The molecule has 1 aliphatic heterocycles. The topological polar surface area (TPSA) is 77.2 Å². The Hall–Kier alpha value is -2.27. The minimum Gasteiger partial charge on any atom is -0.487 e. The fourth-order valence-corrected chi connectivity index (χ4v) is 2.86. The zero-order valence-electron chi connectivity index (χ0n) is 13.0. The molecule has 2 heterocycles.